The smallest absolute Gasteiger partial charge is 0.265 e. The quantitative estimate of drug-likeness (QED) is 0.566. The van der Waals surface area contributed by atoms with Gasteiger partial charge in [-0.15, -0.1) is 0 Å². The van der Waals surface area contributed by atoms with Crippen LogP contribution in [0.5, 0.6) is 0 Å². The molecule has 1 saturated heterocycles. The fourth-order valence-corrected chi connectivity index (χ4v) is 1.86. The summed E-state index contributed by atoms with van der Waals surface area (Å²) in [4.78, 5) is 24.0. The van der Waals surface area contributed by atoms with Gasteiger partial charge in [0, 0.05) is 12.1 Å². The van der Waals surface area contributed by atoms with Gasteiger partial charge in [-0.05, 0) is 19.4 Å². The second kappa shape index (κ2) is 6.60. The molecule has 106 valence electrons. The minimum absolute atomic E-state index is 0.172. The molecule has 0 spiro atoms. The van der Waals surface area contributed by atoms with E-state index in [1.165, 1.54) is 5.01 Å². The van der Waals surface area contributed by atoms with Gasteiger partial charge in [0.2, 0.25) is 0 Å². The Hall–Kier alpha value is -1.50. The van der Waals surface area contributed by atoms with Gasteiger partial charge in [0.15, 0.2) is 5.78 Å². The number of amides is 1. The van der Waals surface area contributed by atoms with E-state index in [-0.39, 0.29) is 12.4 Å². The second-order valence-corrected chi connectivity index (χ2v) is 4.52. The van der Waals surface area contributed by atoms with Crippen molar-refractivity contribution in [1.29, 1.82) is 0 Å². The van der Waals surface area contributed by atoms with Gasteiger partial charge in [0.05, 0.1) is 13.2 Å². The minimum atomic E-state index is -0.637. The van der Waals surface area contributed by atoms with E-state index in [1.807, 2.05) is 0 Å². The summed E-state index contributed by atoms with van der Waals surface area (Å²) in [5, 5.41) is 12.0. The van der Waals surface area contributed by atoms with E-state index in [4.69, 9.17) is 4.74 Å². The molecular weight excluding hydrogens is 248 g/mol. The van der Waals surface area contributed by atoms with Crippen molar-refractivity contribution in [3.05, 3.63) is 24.3 Å². The summed E-state index contributed by atoms with van der Waals surface area (Å²) in [5.41, 5.74) is 0.684. The largest absolute Gasteiger partial charge is 0.378 e. The predicted molar refractivity (Wildman–Crippen MR) is 69.9 cm³/mol. The fourth-order valence-electron chi connectivity index (χ4n) is 1.86. The van der Waals surface area contributed by atoms with Crippen molar-refractivity contribution in [3.63, 3.8) is 0 Å². The summed E-state index contributed by atoms with van der Waals surface area (Å²) in [6.07, 6.45) is 0. The van der Waals surface area contributed by atoms with Crippen molar-refractivity contribution < 1.29 is 19.4 Å². The molecule has 1 fully saturated rings. The predicted octanol–water partition coefficient (Wildman–Crippen LogP) is 0.102. The third-order valence-corrected chi connectivity index (χ3v) is 2.87. The zero-order chi connectivity index (χ0) is 14.6. The Kier molecular flexibility index (Phi) is 5.41. The lowest BCUT2D eigenvalue weighted by Gasteiger charge is -2.41. The van der Waals surface area contributed by atoms with Crippen LogP contribution in [-0.2, 0) is 14.3 Å². The Morgan fingerprint density at radius 1 is 1.37 bits per heavy atom. The third-order valence-electron chi connectivity index (χ3n) is 2.87. The Labute approximate surface area is 112 Å². The highest BCUT2D eigenvalue weighted by Crippen LogP contribution is 2.15. The van der Waals surface area contributed by atoms with Gasteiger partial charge in [0.25, 0.3) is 5.91 Å². The summed E-state index contributed by atoms with van der Waals surface area (Å²) in [6, 6.07) is -0.637. The standard InChI is InChI=1S/C13H20N2O4/c1-9(2)12(17)11-7-19-6-5-14(11)15(8-16)13(18)10(3)4/h11,16H,1,3,5-8H2,2,4H3. The van der Waals surface area contributed by atoms with Crippen LogP contribution in [0.15, 0.2) is 24.3 Å². The number of hydrogen-bond acceptors (Lipinski definition) is 5. The zero-order valence-electron chi connectivity index (χ0n) is 11.4. The normalized spacial score (nSPS) is 19.8. The van der Waals surface area contributed by atoms with E-state index in [1.54, 1.807) is 13.8 Å². The molecule has 0 radical (unpaired) electrons. The van der Waals surface area contributed by atoms with Crippen LogP contribution in [-0.4, -0.2) is 59.3 Å². The topological polar surface area (TPSA) is 70.1 Å². The van der Waals surface area contributed by atoms with Gasteiger partial charge >= 0.3 is 0 Å². The van der Waals surface area contributed by atoms with Crippen LogP contribution >= 0.6 is 0 Å². The molecule has 0 aromatic heterocycles. The van der Waals surface area contributed by atoms with Crippen molar-refractivity contribution in [2.24, 2.45) is 0 Å². The van der Waals surface area contributed by atoms with Crippen LogP contribution in [0.25, 0.3) is 0 Å². The molecule has 1 N–H and O–H groups in total. The molecule has 1 rings (SSSR count). The summed E-state index contributed by atoms with van der Waals surface area (Å²) in [6.45, 7) is 10.7. The Bertz CT molecular complexity index is 377. The number of nitrogens with zero attached hydrogens (tertiary/aromatic N) is 2. The number of hydrazine groups is 1. The molecule has 1 aliphatic rings. The van der Waals surface area contributed by atoms with Crippen LogP contribution < -0.4 is 0 Å². The molecule has 1 unspecified atom stereocenters. The van der Waals surface area contributed by atoms with Gasteiger partial charge in [-0.2, -0.15) is 0 Å². The summed E-state index contributed by atoms with van der Waals surface area (Å²) >= 11 is 0. The maximum atomic E-state index is 12.1. The maximum Gasteiger partial charge on any atom is 0.265 e. The molecule has 1 atom stereocenters. The minimum Gasteiger partial charge on any atom is -0.378 e. The van der Waals surface area contributed by atoms with E-state index in [9.17, 15) is 14.7 Å². The van der Waals surface area contributed by atoms with Gasteiger partial charge < -0.3 is 9.84 Å². The molecule has 0 saturated carbocycles. The number of aliphatic hydroxyl groups excluding tert-OH is 1. The molecule has 6 nitrogen and oxygen atoms in total. The lowest BCUT2D eigenvalue weighted by molar-refractivity contribution is -0.179. The van der Waals surface area contributed by atoms with E-state index in [0.29, 0.717) is 24.3 Å². The SMILES string of the molecule is C=C(C)C(=O)C1COCCN1N(CO)C(=O)C(=C)C. The highest BCUT2D eigenvalue weighted by molar-refractivity contribution is 5.99. The van der Waals surface area contributed by atoms with Crippen molar-refractivity contribution in [3.8, 4) is 0 Å². The molecular formula is C13H20N2O4. The molecule has 0 aromatic rings. The number of morpholine rings is 1. The summed E-state index contributed by atoms with van der Waals surface area (Å²) in [5.74, 6) is -0.614. The monoisotopic (exact) mass is 268 g/mol. The Morgan fingerprint density at radius 2 is 2.00 bits per heavy atom. The number of carbonyl (C=O) groups excluding carboxylic acids is 2. The van der Waals surface area contributed by atoms with Gasteiger partial charge in [-0.3, -0.25) is 9.59 Å². The molecule has 1 aliphatic heterocycles. The molecule has 1 amide bonds. The zero-order valence-corrected chi connectivity index (χ0v) is 11.4. The second-order valence-electron chi connectivity index (χ2n) is 4.52. The third kappa shape index (κ3) is 3.50. The molecule has 1 heterocycles. The fraction of sp³-hybridized carbons (Fsp3) is 0.538. The molecule has 0 aromatic carbocycles. The number of ketones is 1. The van der Waals surface area contributed by atoms with Crippen LogP contribution in [0.2, 0.25) is 0 Å². The van der Waals surface area contributed by atoms with Crippen molar-refractivity contribution in [2.45, 2.75) is 19.9 Å². The average Bonchev–Trinajstić information content (AvgIpc) is 2.39. The first-order chi connectivity index (χ1) is 8.90. The Morgan fingerprint density at radius 3 is 2.47 bits per heavy atom. The highest BCUT2D eigenvalue weighted by Gasteiger charge is 2.35. The average molecular weight is 268 g/mol. The molecule has 0 bridgehead atoms. The highest BCUT2D eigenvalue weighted by atomic mass is 16.5. The van der Waals surface area contributed by atoms with Crippen LogP contribution in [0.3, 0.4) is 0 Å². The van der Waals surface area contributed by atoms with Crippen molar-refractivity contribution in [1.82, 2.24) is 10.0 Å². The number of aliphatic hydroxyl groups is 1. The number of ether oxygens (including phenoxy) is 1. The van der Waals surface area contributed by atoms with Crippen LogP contribution in [0, 0.1) is 0 Å². The number of carbonyl (C=O) groups is 2. The molecule has 6 heteroatoms. The number of Topliss-reactive ketones (excluding diaryl/α,β-unsaturated/α-hetero) is 1. The lowest BCUT2D eigenvalue weighted by atomic mass is 10.1. The lowest BCUT2D eigenvalue weighted by Crippen LogP contribution is -2.59. The first-order valence-corrected chi connectivity index (χ1v) is 6.02. The molecule has 19 heavy (non-hydrogen) atoms. The van der Waals surface area contributed by atoms with E-state index >= 15 is 0 Å². The molecule has 0 aliphatic carbocycles. The first-order valence-electron chi connectivity index (χ1n) is 6.02. The Balaban J connectivity index is 2.97. The van der Waals surface area contributed by atoms with Gasteiger partial charge in [-0.25, -0.2) is 10.0 Å². The maximum absolute atomic E-state index is 12.1. The van der Waals surface area contributed by atoms with E-state index in [0.717, 1.165) is 5.01 Å². The van der Waals surface area contributed by atoms with Crippen LogP contribution in [0.1, 0.15) is 13.8 Å². The van der Waals surface area contributed by atoms with Crippen LogP contribution in [0.4, 0.5) is 0 Å². The van der Waals surface area contributed by atoms with E-state index < -0.39 is 18.7 Å². The van der Waals surface area contributed by atoms with Crippen molar-refractivity contribution in [2.75, 3.05) is 26.5 Å². The number of hydrogen-bond donors (Lipinski definition) is 1. The summed E-state index contributed by atoms with van der Waals surface area (Å²) < 4.78 is 5.27. The van der Waals surface area contributed by atoms with E-state index in [2.05, 4.69) is 13.2 Å². The first kappa shape index (κ1) is 15.6. The van der Waals surface area contributed by atoms with Gasteiger partial charge in [-0.1, -0.05) is 13.2 Å². The van der Waals surface area contributed by atoms with Gasteiger partial charge in [0.1, 0.15) is 12.8 Å². The van der Waals surface area contributed by atoms with Crippen molar-refractivity contribution >= 4 is 11.7 Å². The number of rotatable bonds is 5. The summed E-state index contributed by atoms with van der Waals surface area (Å²) in [7, 11) is 0.